The zero-order valence-corrected chi connectivity index (χ0v) is 15.5. The maximum atomic E-state index is 12.9. The Morgan fingerprint density at radius 1 is 1.28 bits per heavy atom. The number of aryl methyl sites for hydroxylation is 2. The molecule has 3 aliphatic rings. The molecule has 2 unspecified atom stereocenters. The Kier molecular flexibility index (Phi) is 3.50. The van der Waals surface area contributed by atoms with E-state index in [0.29, 0.717) is 5.82 Å². The lowest BCUT2D eigenvalue weighted by molar-refractivity contribution is -0.134. The first-order valence-electron chi connectivity index (χ1n) is 9.24. The highest BCUT2D eigenvalue weighted by atomic mass is 16.2. The van der Waals surface area contributed by atoms with Crippen LogP contribution in [0.1, 0.15) is 62.4 Å². The number of nitrogens with zero attached hydrogens (tertiary/aromatic N) is 4. The van der Waals surface area contributed by atoms with Gasteiger partial charge in [-0.05, 0) is 44.4 Å². The Balaban J connectivity index is 1.48. The van der Waals surface area contributed by atoms with E-state index < -0.39 is 0 Å². The molecule has 0 radical (unpaired) electrons. The predicted molar refractivity (Wildman–Crippen MR) is 91.8 cm³/mol. The summed E-state index contributed by atoms with van der Waals surface area (Å²) < 4.78 is 1.61. The van der Waals surface area contributed by atoms with Gasteiger partial charge in [-0.15, -0.1) is 5.10 Å². The zero-order chi connectivity index (χ0) is 18.0. The Morgan fingerprint density at radius 3 is 2.48 bits per heavy atom. The van der Waals surface area contributed by atoms with Crippen molar-refractivity contribution in [2.24, 2.45) is 18.4 Å². The van der Waals surface area contributed by atoms with Crippen LogP contribution in [0.2, 0.25) is 0 Å². The molecule has 1 saturated heterocycles. The topological polar surface area (TPSA) is 80.1 Å². The molecule has 1 N–H and O–H groups in total. The standard InChI is InChI=1S/C18H27N5O2/c1-11-19-14(21-22(11)4)15(24)20-18(7-8-18)13-6-5-9-23(13)16(25)12-10-17(12,2)3/h12-13H,5-10H2,1-4H3,(H,20,24). The highest BCUT2D eigenvalue weighted by Gasteiger charge is 2.59. The van der Waals surface area contributed by atoms with Crippen molar-refractivity contribution in [2.75, 3.05) is 6.54 Å². The SMILES string of the molecule is Cc1nc(C(=O)NC2(C3CCCN3C(=O)C3CC3(C)C)CC2)nn1C. The third-order valence-electron chi connectivity index (χ3n) is 6.32. The number of hydrogen-bond donors (Lipinski definition) is 1. The molecule has 0 bridgehead atoms. The minimum Gasteiger partial charge on any atom is -0.342 e. The first kappa shape index (κ1) is 16.5. The second kappa shape index (κ2) is 5.29. The van der Waals surface area contributed by atoms with Crippen LogP contribution in [0.3, 0.4) is 0 Å². The first-order valence-corrected chi connectivity index (χ1v) is 9.24. The summed E-state index contributed by atoms with van der Waals surface area (Å²) in [5.41, 5.74) is -0.144. The predicted octanol–water partition coefficient (Wildman–Crippen LogP) is 1.42. The molecule has 2 amide bonds. The van der Waals surface area contributed by atoms with Crippen LogP contribution in [0.15, 0.2) is 0 Å². The van der Waals surface area contributed by atoms with Gasteiger partial charge in [-0.1, -0.05) is 13.8 Å². The summed E-state index contributed by atoms with van der Waals surface area (Å²) in [6.07, 6.45) is 4.81. The number of aromatic nitrogens is 3. The summed E-state index contributed by atoms with van der Waals surface area (Å²) in [5, 5.41) is 7.33. The van der Waals surface area contributed by atoms with Gasteiger partial charge in [0.1, 0.15) is 5.82 Å². The molecular weight excluding hydrogens is 318 g/mol. The van der Waals surface area contributed by atoms with Gasteiger partial charge in [0.05, 0.1) is 11.6 Å². The van der Waals surface area contributed by atoms with E-state index in [-0.39, 0.29) is 40.6 Å². The van der Waals surface area contributed by atoms with E-state index in [0.717, 1.165) is 38.6 Å². The molecule has 3 fully saturated rings. The molecule has 2 atom stereocenters. The highest BCUT2D eigenvalue weighted by molar-refractivity contribution is 5.91. The summed E-state index contributed by atoms with van der Waals surface area (Å²) in [6.45, 7) is 6.95. The van der Waals surface area contributed by atoms with Crippen LogP contribution in [0.5, 0.6) is 0 Å². The second-order valence-electron chi connectivity index (χ2n) is 8.65. The average molecular weight is 345 g/mol. The van der Waals surface area contributed by atoms with Crippen LogP contribution in [0.4, 0.5) is 0 Å². The van der Waals surface area contributed by atoms with Gasteiger partial charge in [0.25, 0.3) is 5.91 Å². The van der Waals surface area contributed by atoms with Gasteiger partial charge in [-0.3, -0.25) is 14.3 Å². The van der Waals surface area contributed by atoms with Gasteiger partial charge in [0.15, 0.2) is 0 Å². The number of nitrogens with one attached hydrogen (secondary N) is 1. The van der Waals surface area contributed by atoms with Crippen LogP contribution < -0.4 is 5.32 Å². The van der Waals surface area contributed by atoms with E-state index in [9.17, 15) is 9.59 Å². The maximum Gasteiger partial charge on any atom is 0.291 e. The van der Waals surface area contributed by atoms with Crippen LogP contribution in [-0.2, 0) is 11.8 Å². The van der Waals surface area contributed by atoms with Crippen LogP contribution in [-0.4, -0.2) is 49.6 Å². The average Bonchev–Trinajstić information content (AvgIpc) is 3.32. The van der Waals surface area contributed by atoms with Crippen LogP contribution >= 0.6 is 0 Å². The molecule has 2 heterocycles. The number of amides is 2. The molecule has 1 aliphatic heterocycles. The number of hydrogen-bond acceptors (Lipinski definition) is 4. The fourth-order valence-electron chi connectivity index (χ4n) is 4.21. The summed E-state index contributed by atoms with van der Waals surface area (Å²) in [5.74, 6) is 1.13. The van der Waals surface area contributed by atoms with Crippen LogP contribution in [0.25, 0.3) is 0 Å². The summed E-state index contributed by atoms with van der Waals surface area (Å²) in [6, 6.07) is 0.116. The molecule has 4 rings (SSSR count). The smallest absolute Gasteiger partial charge is 0.291 e. The molecule has 7 heteroatoms. The Morgan fingerprint density at radius 2 is 1.96 bits per heavy atom. The van der Waals surface area contributed by atoms with Gasteiger partial charge < -0.3 is 10.2 Å². The Labute approximate surface area is 148 Å². The van der Waals surface area contributed by atoms with Crippen molar-refractivity contribution in [3.05, 3.63) is 11.6 Å². The lowest BCUT2D eigenvalue weighted by atomic mass is 10.0. The van der Waals surface area contributed by atoms with Crippen molar-refractivity contribution in [1.82, 2.24) is 25.0 Å². The zero-order valence-electron chi connectivity index (χ0n) is 15.5. The Hall–Kier alpha value is -1.92. The number of carbonyl (C=O) groups excluding carboxylic acids is 2. The highest BCUT2D eigenvalue weighted by Crippen LogP contribution is 2.54. The molecule has 1 aromatic heterocycles. The van der Waals surface area contributed by atoms with E-state index in [2.05, 4.69) is 29.2 Å². The molecule has 0 aromatic carbocycles. The minimum atomic E-state index is -0.282. The maximum absolute atomic E-state index is 12.9. The quantitative estimate of drug-likeness (QED) is 0.895. The number of rotatable bonds is 4. The van der Waals surface area contributed by atoms with Crippen molar-refractivity contribution >= 4 is 11.8 Å². The van der Waals surface area contributed by atoms with Crippen molar-refractivity contribution in [3.63, 3.8) is 0 Å². The second-order valence-corrected chi connectivity index (χ2v) is 8.65. The molecule has 1 aromatic rings. The van der Waals surface area contributed by atoms with E-state index in [1.807, 2.05) is 11.8 Å². The molecular formula is C18H27N5O2. The van der Waals surface area contributed by atoms with Crippen molar-refractivity contribution in [1.29, 1.82) is 0 Å². The molecule has 7 nitrogen and oxygen atoms in total. The fourth-order valence-corrected chi connectivity index (χ4v) is 4.21. The van der Waals surface area contributed by atoms with E-state index in [4.69, 9.17) is 0 Å². The van der Waals surface area contributed by atoms with Crippen molar-refractivity contribution in [3.8, 4) is 0 Å². The molecule has 2 saturated carbocycles. The lowest BCUT2D eigenvalue weighted by Gasteiger charge is -2.33. The molecule has 25 heavy (non-hydrogen) atoms. The van der Waals surface area contributed by atoms with Gasteiger partial charge >= 0.3 is 0 Å². The van der Waals surface area contributed by atoms with E-state index >= 15 is 0 Å². The van der Waals surface area contributed by atoms with Crippen LogP contribution in [0, 0.1) is 18.3 Å². The lowest BCUT2D eigenvalue weighted by Crippen LogP contribution is -2.53. The first-order chi connectivity index (χ1) is 11.7. The molecule has 136 valence electrons. The van der Waals surface area contributed by atoms with E-state index in [1.165, 1.54) is 0 Å². The summed E-state index contributed by atoms with van der Waals surface area (Å²) in [7, 11) is 1.78. The summed E-state index contributed by atoms with van der Waals surface area (Å²) >= 11 is 0. The molecule has 2 aliphatic carbocycles. The number of likely N-dealkylation sites (tertiary alicyclic amines) is 1. The third-order valence-corrected chi connectivity index (χ3v) is 6.32. The van der Waals surface area contributed by atoms with Crippen molar-refractivity contribution < 1.29 is 9.59 Å². The number of carbonyl (C=O) groups is 2. The van der Waals surface area contributed by atoms with Gasteiger partial charge in [-0.2, -0.15) is 0 Å². The third kappa shape index (κ3) is 2.73. The van der Waals surface area contributed by atoms with E-state index in [1.54, 1.807) is 11.7 Å². The fraction of sp³-hybridized carbons (Fsp3) is 0.778. The largest absolute Gasteiger partial charge is 0.342 e. The van der Waals surface area contributed by atoms with Gasteiger partial charge in [0, 0.05) is 19.5 Å². The monoisotopic (exact) mass is 345 g/mol. The minimum absolute atomic E-state index is 0.116. The molecule has 0 spiro atoms. The van der Waals surface area contributed by atoms with Crippen molar-refractivity contribution in [2.45, 2.75) is 64.5 Å². The van der Waals surface area contributed by atoms with Gasteiger partial charge in [-0.25, -0.2) is 4.98 Å². The van der Waals surface area contributed by atoms with Gasteiger partial charge in [0.2, 0.25) is 11.7 Å². The Bertz CT molecular complexity index is 714. The normalized spacial score (nSPS) is 28.7. The summed E-state index contributed by atoms with van der Waals surface area (Å²) in [4.78, 5) is 31.8.